The van der Waals surface area contributed by atoms with Crippen molar-refractivity contribution < 1.29 is 9.53 Å². The van der Waals surface area contributed by atoms with Gasteiger partial charge in [-0.1, -0.05) is 26.7 Å². The number of hydrogen-bond donors (Lipinski definition) is 1. The van der Waals surface area contributed by atoms with Gasteiger partial charge in [0.15, 0.2) is 0 Å². The highest BCUT2D eigenvalue weighted by Crippen LogP contribution is 2.08. The van der Waals surface area contributed by atoms with E-state index in [9.17, 15) is 4.79 Å². The number of rotatable bonds is 5. The molecule has 12 heavy (non-hydrogen) atoms. The third-order valence-electron chi connectivity index (χ3n) is 1.68. The van der Waals surface area contributed by atoms with E-state index in [4.69, 9.17) is 4.74 Å². The van der Waals surface area contributed by atoms with Crippen molar-refractivity contribution in [1.29, 1.82) is 0 Å². The summed E-state index contributed by atoms with van der Waals surface area (Å²) in [5.74, 6) is 0.0239. The minimum absolute atomic E-state index is 0. The van der Waals surface area contributed by atoms with Gasteiger partial charge >= 0.3 is 5.97 Å². The van der Waals surface area contributed by atoms with Gasteiger partial charge in [-0.15, -0.1) is 0 Å². The van der Waals surface area contributed by atoms with Gasteiger partial charge in [0.25, 0.3) is 0 Å². The Balaban J connectivity index is 0. The summed E-state index contributed by atoms with van der Waals surface area (Å²) in [6.45, 7) is 6.38. The molecule has 0 aromatic heterocycles. The van der Waals surface area contributed by atoms with Crippen molar-refractivity contribution in [2.75, 3.05) is 6.61 Å². The Morgan fingerprint density at radius 3 is 2.42 bits per heavy atom. The van der Waals surface area contributed by atoms with Crippen LogP contribution in [0, 0.1) is 5.92 Å². The Morgan fingerprint density at radius 2 is 2.00 bits per heavy atom. The van der Waals surface area contributed by atoms with Crippen molar-refractivity contribution in [3.05, 3.63) is 0 Å². The Kier molecular flexibility index (Phi) is 9.93. The average molecular weight is 175 g/mol. The van der Waals surface area contributed by atoms with Crippen molar-refractivity contribution in [3.8, 4) is 0 Å². The topological polar surface area (TPSA) is 61.3 Å². The Morgan fingerprint density at radius 1 is 1.42 bits per heavy atom. The second-order valence-corrected chi connectivity index (χ2v) is 2.80. The molecule has 0 fully saturated rings. The maximum atomic E-state index is 11.0. The van der Waals surface area contributed by atoms with E-state index < -0.39 is 0 Å². The Hall–Kier alpha value is -0.570. The highest BCUT2D eigenvalue weighted by molar-refractivity contribution is 5.71. The lowest BCUT2D eigenvalue weighted by atomic mass is 10.1. The molecule has 0 aliphatic rings. The van der Waals surface area contributed by atoms with Gasteiger partial charge in [0.2, 0.25) is 0 Å². The van der Waals surface area contributed by atoms with Gasteiger partial charge in [-0.25, -0.2) is 0 Å². The molecular formula is C9H21NO2. The van der Waals surface area contributed by atoms with Gasteiger partial charge in [-0.05, 0) is 13.3 Å². The average Bonchev–Trinajstić information content (AvgIpc) is 2.00. The number of unbranched alkanes of at least 4 members (excludes halogenated alkanes) is 1. The number of carbonyl (C=O) groups excluding carboxylic acids is 1. The van der Waals surface area contributed by atoms with Crippen molar-refractivity contribution in [1.82, 2.24) is 6.15 Å². The van der Waals surface area contributed by atoms with Gasteiger partial charge < -0.3 is 10.9 Å². The molecule has 0 aromatic rings. The predicted octanol–water partition coefficient (Wildman–Crippen LogP) is 2.54. The van der Waals surface area contributed by atoms with Crippen molar-refractivity contribution in [2.24, 2.45) is 5.92 Å². The molecule has 0 spiro atoms. The van der Waals surface area contributed by atoms with Crippen LogP contribution in [0.5, 0.6) is 0 Å². The summed E-state index contributed by atoms with van der Waals surface area (Å²) < 4.78 is 4.86. The van der Waals surface area contributed by atoms with Crippen LogP contribution in [0.25, 0.3) is 0 Å². The molecule has 0 heterocycles. The zero-order valence-electron chi connectivity index (χ0n) is 8.43. The molecule has 0 saturated heterocycles. The first-order valence-electron chi connectivity index (χ1n) is 4.39. The second kappa shape index (κ2) is 8.53. The smallest absolute Gasteiger partial charge is 0.308 e. The summed E-state index contributed by atoms with van der Waals surface area (Å²) in [6, 6.07) is 0. The van der Waals surface area contributed by atoms with E-state index >= 15 is 0 Å². The van der Waals surface area contributed by atoms with E-state index in [-0.39, 0.29) is 18.0 Å². The first kappa shape index (κ1) is 14.0. The Bertz CT molecular complexity index is 115. The summed E-state index contributed by atoms with van der Waals surface area (Å²) in [6.07, 6.45) is 3.21. The fourth-order valence-corrected chi connectivity index (χ4v) is 0.913. The summed E-state index contributed by atoms with van der Waals surface area (Å²) in [5, 5.41) is 0. The lowest BCUT2D eigenvalue weighted by Crippen LogP contribution is -2.14. The van der Waals surface area contributed by atoms with Crippen molar-refractivity contribution in [2.45, 2.75) is 40.0 Å². The van der Waals surface area contributed by atoms with E-state index in [0.29, 0.717) is 6.61 Å². The van der Waals surface area contributed by atoms with E-state index in [0.717, 1.165) is 19.3 Å². The number of ether oxygens (including phenoxy) is 1. The highest BCUT2D eigenvalue weighted by atomic mass is 16.5. The molecule has 0 amide bonds. The molecule has 0 radical (unpaired) electrons. The molecule has 0 saturated carbocycles. The van der Waals surface area contributed by atoms with Crippen LogP contribution in [0.4, 0.5) is 0 Å². The molecule has 3 N–H and O–H groups in total. The Labute approximate surface area is 75.1 Å². The van der Waals surface area contributed by atoms with E-state index in [2.05, 4.69) is 6.92 Å². The lowest BCUT2D eigenvalue weighted by molar-refractivity contribution is -0.147. The maximum Gasteiger partial charge on any atom is 0.308 e. The highest BCUT2D eigenvalue weighted by Gasteiger charge is 2.11. The summed E-state index contributed by atoms with van der Waals surface area (Å²) >= 11 is 0. The summed E-state index contributed by atoms with van der Waals surface area (Å²) in [7, 11) is 0. The SMILES string of the molecule is CCCCC(C)C(=O)OCC.N. The molecule has 3 nitrogen and oxygen atoms in total. The fourth-order valence-electron chi connectivity index (χ4n) is 0.913. The number of carbonyl (C=O) groups is 1. The van der Waals surface area contributed by atoms with Crippen LogP contribution >= 0.6 is 0 Å². The van der Waals surface area contributed by atoms with Crippen molar-refractivity contribution in [3.63, 3.8) is 0 Å². The van der Waals surface area contributed by atoms with Crippen LogP contribution in [-0.2, 0) is 9.53 Å². The fraction of sp³-hybridized carbons (Fsp3) is 0.889. The van der Waals surface area contributed by atoms with Crippen LogP contribution in [-0.4, -0.2) is 12.6 Å². The number of hydrogen-bond acceptors (Lipinski definition) is 3. The first-order chi connectivity index (χ1) is 5.22. The minimum Gasteiger partial charge on any atom is -0.466 e. The molecule has 0 aromatic carbocycles. The van der Waals surface area contributed by atoms with Gasteiger partial charge in [-0.3, -0.25) is 4.79 Å². The van der Waals surface area contributed by atoms with Crippen LogP contribution in [0.1, 0.15) is 40.0 Å². The zero-order valence-corrected chi connectivity index (χ0v) is 8.43. The summed E-state index contributed by atoms with van der Waals surface area (Å²) in [4.78, 5) is 11.0. The van der Waals surface area contributed by atoms with E-state index in [1.165, 1.54) is 0 Å². The standard InChI is InChI=1S/C9H18O2.H3N/c1-4-6-7-8(3)9(10)11-5-2;/h8H,4-7H2,1-3H3;1H3. The van der Waals surface area contributed by atoms with E-state index in [1.54, 1.807) is 0 Å². The first-order valence-corrected chi connectivity index (χ1v) is 4.39. The lowest BCUT2D eigenvalue weighted by Gasteiger charge is -2.08. The molecular weight excluding hydrogens is 154 g/mol. The van der Waals surface area contributed by atoms with Gasteiger partial charge in [0.05, 0.1) is 12.5 Å². The zero-order chi connectivity index (χ0) is 8.69. The molecule has 0 aliphatic heterocycles. The molecule has 0 bridgehead atoms. The largest absolute Gasteiger partial charge is 0.466 e. The molecule has 0 aliphatic carbocycles. The molecule has 1 atom stereocenters. The third kappa shape index (κ3) is 6.16. The second-order valence-electron chi connectivity index (χ2n) is 2.80. The van der Waals surface area contributed by atoms with Crippen LogP contribution in [0.15, 0.2) is 0 Å². The van der Waals surface area contributed by atoms with Gasteiger partial charge in [0, 0.05) is 0 Å². The summed E-state index contributed by atoms with van der Waals surface area (Å²) in [5.41, 5.74) is 0. The van der Waals surface area contributed by atoms with Crippen molar-refractivity contribution >= 4 is 5.97 Å². The predicted molar refractivity (Wildman–Crippen MR) is 50.3 cm³/mol. The molecule has 0 rings (SSSR count). The molecule has 1 unspecified atom stereocenters. The minimum atomic E-state index is -0.0547. The monoisotopic (exact) mass is 175 g/mol. The van der Waals surface area contributed by atoms with Crippen LogP contribution in [0.3, 0.4) is 0 Å². The quantitative estimate of drug-likeness (QED) is 0.653. The number of esters is 1. The molecule has 74 valence electrons. The van der Waals surface area contributed by atoms with Gasteiger partial charge in [0.1, 0.15) is 0 Å². The molecule has 3 heteroatoms. The van der Waals surface area contributed by atoms with E-state index in [1.807, 2.05) is 13.8 Å². The third-order valence-corrected chi connectivity index (χ3v) is 1.68. The normalized spacial score (nSPS) is 11.6. The van der Waals surface area contributed by atoms with Crippen LogP contribution in [0.2, 0.25) is 0 Å². The van der Waals surface area contributed by atoms with Gasteiger partial charge in [-0.2, -0.15) is 0 Å². The van der Waals surface area contributed by atoms with Crippen LogP contribution < -0.4 is 6.15 Å². The maximum absolute atomic E-state index is 11.0.